The third-order valence-electron chi connectivity index (χ3n) is 3.61. The van der Waals surface area contributed by atoms with Crippen LogP contribution in [0.2, 0.25) is 0 Å². The predicted molar refractivity (Wildman–Crippen MR) is 66.3 cm³/mol. The van der Waals surface area contributed by atoms with Gasteiger partial charge in [-0.15, -0.1) is 0 Å². The van der Waals surface area contributed by atoms with Gasteiger partial charge >= 0.3 is 0 Å². The van der Waals surface area contributed by atoms with Crippen LogP contribution in [0.5, 0.6) is 0 Å². The first kappa shape index (κ1) is 11.6. The highest BCUT2D eigenvalue weighted by Crippen LogP contribution is 2.29. The lowest BCUT2D eigenvalue weighted by Crippen LogP contribution is -2.33. The molecule has 0 saturated carbocycles. The zero-order valence-corrected chi connectivity index (χ0v) is 10.00. The number of hydrogen-bond donors (Lipinski definition) is 2. The van der Waals surface area contributed by atoms with E-state index in [0.717, 1.165) is 12.8 Å². The van der Waals surface area contributed by atoms with Gasteiger partial charge in [0.25, 0.3) is 0 Å². The van der Waals surface area contributed by atoms with Gasteiger partial charge in [0.1, 0.15) is 0 Å². The van der Waals surface area contributed by atoms with Crippen molar-refractivity contribution >= 4 is 0 Å². The molecule has 0 radical (unpaired) electrons. The van der Waals surface area contributed by atoms with Crippen molar-refractivity contribution in [1.82, 2.24) is 0 Å². The normalized spacial score (nSPS) is 18.2. The zero-order chi connectivity index (χ0) is 11.6. The summed E-state index contributed by atoms with van der Waals surface area (Å²) in [6.45, 7) is 2.27. The summed E-state index contributed by atoms with van der Waals surface area (Å²) in [5, 5.41) is 8.88. The maximum Gasteiger partial charge on any atom is 0.0431 e. The SMILES string of the molecule is CC(N)(CCCO)c1ccc2c(c1)CCC2. The minimum absolute atomic E-state index is 0.220. The van der Waals surface area contributed by atoms with Gasteiger partial charge in [0.2, 0.25) is 0 Å². The molecule has 0 fully saturated rings. The quantitative estimate of drug-likeness (QED) is 0.815. The van der Waals surface area contributed by atoms with Crippen LogP contribution >= 0.6 is 0 Å². The van der Waals surface area contributed by atoms with Crippen molar-refractivity contribution < 1.29 is 5.11 Å². The van der Waals surface area contributed by atoms with E-state index in [9.17, 15) is 0 Å². The minimum Gasteiger partial charge on any atom is -0.396 e. The molecule has 0 heterocycles. The predicted octanol–water partition coefficient (Wildman–Crippen LogP) is 2.12. The van der Waals surface area contributed by atoms with E-state index >= 15 is 0 Å². The van der Waals surface area contributed by atoms with E-state index in [-0.39, 0.29) is 12.1 Å². The van der Waals surface area contributed by atoms with Gasteiger partial charge in [-0.05, 0) is 55.7 Å². The van der Waals surface area contributed by atoms with Gasteiger partial charge in [-0.3, -0.25) is 0 Å². The first-order valence-corrected chi connectivity index (χ1v) is 6.15. The molecule has 88 valence electrons. The summed E-state index contributed by atoms with van der Waals surface area (Å²) in [5.74, 6) is 0. The smallest absolute Gasteiger partial charge is 0.0431 e. The molecule has 0 aliphatic heterocycles. The van der Waals surface area contributed by atoms with E-state index in [4.69, 9.17) is 10.8 Å². The van der Waals surface area contributed by atoms with Crippen LogP contribution in [0.4, 0.5) is 0 Å². The minimum atomic E-state index is -0.305. The number of benzene rings is 1. The highest BCUT2D eigenvalue weighted by Gasteiger charge is 2.22. The van der Waals surface area contributed by atoms with Gasteiger partial charge in [0, 0.05) is 12.1 Å². The Morgan fingerprint density at radius 2 is 2.06 bits per heavy atom. The van der Waals surface area contributed by atoms with Gasteiger partial charge in [0.05, 0.1) is 0 Å². The van der Waals surface area contributed by atoms with Gasteiger partial charge in [-0.1, -0.05) is 18.2 Å². The molecule has 1 unspecified atom stereocenters. The van der Waals surface area contributed by atoms with Crippen molar-refractivity contribution in [3.05, 3.63) is 34.9 Å². The summed E-state index contributed by atoms with van der Waals surface area (Å²) in [6, 6.07) is 6.64. The maximum atomic E-state index is 8.88. The molecule has 0 bridgehead atoms. The van der Waals surface area contributed by atoms with E-state index in [1.807, 2.05) is 0 Å². The molecular weight excluding hydrogens is 198 g/mol. The van der Waals surface area contributed by atoms with Crippen molar-refractivity contribution in [2.24, 2.45) is 5.73 Å². The van der Waals surface area contributed by atoms with Gasteiger partial charge in [-0.2, -0.15) is 0 Å². The van der Waals surface area contributed by atoms with Crippen LogP contribution in [0.15, 0.2) is 18.2 Å². The number of rotatable bonds is 4. The average Bonchev–Trinajstić information content (AvgIpc) is 2.73. The molecule has 1 atom stereocenters. The Labute approximate surface area is 97.5 Å². The molecule has 2 nitrogen and oxygen atoms in total. The molecule has 16 heavy (non-hydrogen) atoms. The fourth-order valence-electron chi connectivity index (χ4n) is 2.52. The second kappa shape index (κ2) is 4.56. The number of fused-ring (bicyclic) bond motifs is 1. The highest BCUT2D eigenvalue weighted by atomic mass is 16.2. The van der Waals surface area contributed by atoms with E-state index in [2.05, 4.69) is 25.1 Å². The highest BCUT2D eigenvalue weighted by molar-refractivity contribution is 5.37. The number of aryl methyl sites for hydroxylation is 2. The molecule has 3 N–H and O–H groups in total. The van der Waals surface area contributed by atoms with Crippen LogP contribution < -0.4 is 5.73 Å². The third-order valence-corrected chi connectivity index (χ3v) is 3.61. The summed E-state index contributed by atoms with van der Waals surface area (Å²) >= 11 is 0. The van der Waals surface area contributed by atoms with Gasteiger partial charge in [0.15, 0.2) is 0 Å². The monoisotopic (exact) mass is 219 g/mol. The maximum absolute atomic E-state index is 8.88. The van der Waals surface area contributed by atoms with Crippen molar-refractivity contribution in [3.8, 4) is 0 Å². The molecule has 0 amide bonds. The second-order valence-electron chi connectivity index (χ2n) is 5.08. The molecule has 1 aliphatic carbocycles. The average molecular weight is 219 g/mol. The van der Waals surface area contributed by atoms with Crippen LogP contribution in [0.3, 0.4) is 0 Å². The van der Waals surface area contributed by atoms with Crippen LogP contribution in [0, 0.1) is 0 Å². The van der Waals surface area contributed by atoms with Crippen molar-refractivity contribution in [2.75, 3.05) is 6.61 Å². The molecule has 0 saturated heterocycles. The van der Waals surface area contributed by atoms with Gasteiger partial charge in [-0.25, -0.2) is 0 Å². The molecule has 1 aromatic rings. The zero-order valence-electron chi connectivity index (χ0n) is 10.00. The molecule has 0 spiro atoms. The van der Waals surface area contributed by atoms with Crippen LogP contribution in [0.1, 0.15) is 42.9 Å². The Morgan fingerprint density at radius 3 is 2.81 bits per heavy atom. The Kier molecular flexibility index (Phi) is 3.31. The molecule has 1 aromatic carbocycles. The van der Waals surface area contributed by atoms with Crippen LogP contribution in [0.25, 0.3) is 0 Å². The molecule has 1 aliphatic rings. The first-order chi connectivity index (χ1) is 7.63. The fourth-order valence-corrected chi connectivity index (χ4v) is 2.52. The summed E-state index contributed by atoms with van der Waals surface area (Å²) in [5.41, 5.74) is 10.2. The van der Waals surface area contributed by atoms with E-state index in [1.54, 1.807) is 0 Å². The molecule has 2 heteroatoms. The first-order valence-electron chi connectivity index (χ1n) is 6.15. The number of hydrogen-bond acceptors (Lipinski definition) is 2. The lowest BCUT2D eigenvalue weighted by molar-refractivity contribution is 0.265. The van der Waals surface area contributed by atoms with E-state index in [1.165, 1.54) is 36.0 Å². The van der Waals surface area contributed by atoms with Crippen LogP contribution in [-0.2, 0) is 18.4 Å². The van der Waals surface area contributed by atoms with Crippen molar-refractivity contribution in [1.29, 1.82) is 0 Å². The summed E-state index contributed by atoms with van der Waals surface area (Å²) < 4.78 is 0. The largest absolute Gasteiger partial charge is 0.396 e. The molecular formula is C14H21NO. The second-order valence-corrected chi connectivity index (χ2v) is 5.08. The van der Waals surface area contributed by atoms with Gasteiger partial charge < -0.3 is 10.8 Å². The molecule has 0 aromatic heterocycles. The molecule has 2 rings (SSSR count). The Balaban J connectivity index is 2.20. The Bertz CT molecular complexity index is 371. The number of aliphatic hydroxyl groups is 1. The standard InChI is InChI=1S/C14H21NO/c1-14(15,8-3-9-16)13-7-6-11-4-2-5-12(11)10-13/h6-7,10,16H,2-5,8-9,15H2,1H3. The number of aliphatic hydroxyl groups excluding tert-OH is 1. The topological polar surface area (TPSA) is 46.2 Å². The summed E-state index contributed by atoms with van der Waals surface area (Å²) in [6.07, 6.45) is 5.29. The Hall–Kier alpha value is -0.860. The van der Waals surface area contributed by atoms with Crippen LogP contribution in [-0.4, -0.2) is 11.7 Å². The lowest BCUT2D eigenvalue weighted by Gasteiger charge is -2.25. The fraction of sp³-hybridized carbons (Fsp3) is 0.571. The van der Waals surface area contributed by atoms with E-state index < -0.39 is 0 Å². The van der Waals surface area contributed by atoms with Crippen molar-refractivity contribution in [2.45, 2.75) is 44.6 Å². The Morgan fingerprint density at radius 1 is 1.31 bits per heavy atom. The lowest BCUT2D eigenvalue weighted by atomic mass is 9.87. The summed E-state index contributed by atoms with van der Waals surface area (Å²) in [7, 11) is 0. The number of nitrogens with two attached hydrogens (primary N) is 1. The van der Waals surface area contributed by atoms with Crippen molar-refractivity contribution in [3.63, 3.8) is 0 Å². The summed E-state index contributed by atoms with van der Waals surface area (Å²) in [4.78, 5) is 0. The van der Waals surface area contributed by atoms with E-state index in [0.29, 0.717) is 0 Å². The third kappa shape index (κ3) is 2.28.